The maximum Gasteiger partial charge on any atom is 0.0879 e. The molecule has 11 heavy (non-hydrogen) atoms. The Hall–Kier alpha value is -0.120. The summed E-state index contributed by atoms with van der Waals surface area (Å²) in [6.45, 7) is 2.74. The Morgan fingerprint density at radius 1 is 1.09 bits per heavy atom. The van der Waals surface area contributed by atoms with Gasteiger partial charge in [-0.1, -0.05) is 0 Å². The first-order valence-corrected chi connectivity index (χ1v) is 3.85. The molecular weight excluding hydrogens is 142 g/mol. The highest BCUT2D eigenvalue weighted by molar-refractivity contribution is 4.70. The van der Waals surface area contributed by atoms with Gasteiger partial charge in [0.25, 0.3) is 0 Å². The minimum Gasteiger partial charge on any atom is -0.395 e. The average molecular weight is 162 g/mol. The normalized spacial score (nSPS) is 13.6. The van der Waals surface area contributed by atoms with E-state index in [2.05, 4.69) is 0 Å². The van der Waals surface area contributed by atoms with Gasteiger partial charge in [0.05, 0.1) is 46.3 Å². The number of rotatable bonds is 4. The first-order valence-electron chi connectivity index (χ1n) is 3.85. The summed E-state index contributed by atoms with van der Waals surface area (Å²) in [7, 11) is 6.14. The molecule has 0 atom stereocenters. The molecule has 68 valence electrons. The van der Waals surface area contributed by atoms with Crippen molar-refractivity contribution in [2.75, 3.05) is 40.9 Å². The lowest BCUT2D eigenvalue weighted by atomic mass is 9.92. The highest BCUT2D eigenvalue weighted by atomic mass is 16.3. The summed E-state index contributed by atoms with van der Waals surface area (Å²) in [4.78, 5) is 0. The lowest BCUT2D eigenvalue weighted by Gasteiger charge is -2.34. The molecule has 0 unspecified atom stereocenters. The summed E-state index contributed by atoms with van der Waals surface area (Å²) >= 11 is 0. The van der Waals surface area contributed by atoms with Crippen molar-refractivity contribution in [2.24, 2.45) is 5.41 Å². The van der Waals surface area contributed by atoms with Crippen LogP contribution in [0.15, 0.2) is 0 Å². The molecule has 2 N–H and O–H groups in total. The molecule has 0 aromatic carbocycles. The Morgan fingerprint density at radius 3 is 1.55 bits per heavy atom. The molecule has 0 saturated heterocycles. The minimum atomic E-state index is -0.349. The molecular formula is C8H20NO2+. The Kier molecular flexibility index (Phi) is 3.48. The van der Waals surface area contributed by atoms with Crippen molar-refractivity contribution in [3.63, 3.8) is 0 Å². The molecule has 0 bridgehead atoms. The van der Waals surface area contributed by atoms with Crippen molar-refractivity contribution in [1.29, 1.82) is 0 Å². The van der Waals surface area contributed by atoms with Crippen molar-refractivity contribution in [3.05, 3.63) is 0 Å². The van der Waals surface area contributed by atoms with E-state index < -0.39 is 0 Å². The van der Waals surface area contributed by atoms with Crippen molar-refractivity contribution in [1.82, 2.24) is 0 Å². The maximum atomic E-state index is 8.98. The lowest BCUT2D eigenvalue weighted by Crippen LogP contribution is -2.47. The van der Waals surface area contributed by atoms with Crippen molar-refractivity contribution in [2.45, 2.75) is 6.92 Å². The van der Waals surface area contributed by atoms with Gasteiger partial charge in [-0.3, -0.25) is 0 Å². The first kappa shape index (κ1) is 10.9. The summed E-state index contributed by atoms with van der Waals surface area (Å²) in [6.07, 6.45) is 0. The van der Waals surface area contributed by atoms with Crippen LogP contribution in [0.2, 0.25) is 0 Å². The van der Waals surface area contributed by atoms with Crippen molar-refractivity contribution in [3.8, 4) is 0 Å². The second-order valence-electron chi connectivity index (χ2n) is 4.58. The van der Waals surface area contributed by atoms with Crippen LogP contribution >= 0.6 is 0 Å². The van der Waals surface area contributed by atoms with Crippen molar-refractivity contribution >= 4 is 0 Å². The van der Waals surface area contributed by atoms with Gasteiger partial charge >= 0.3 is 0 Å². The molecule has 0 aliphatic rings. The van der Waals surface area contributed by atoms with Gasteiger partial charge < -0.3 is 14.7 Å². The van der Waals surface area contributed by atoms with Gasteiger partial charge in [-0.2, -0.15) is 0 Å². The topological polar surface area (TPSA) is 40.5 Å². The zero-order valence-electron chi connectivity index (χ0n) is 7.96. The van der Waals surface area contributed by atoms with Crippen LogP contribution in [0.3, 0.4) is 0 Å². The summed E-state index contributed by atoms with van der Waals surface area (Å²) in [5.41, 5.74) is -0.349. The smallest absolute Gasteiger partial charge is 0.0879 e. The van der Waals surface area contributed by atoms with E-state index in [-0.39, 0.29) is 18.6 Å². The van der Waals surface area contributed by atoms with Gasteiger partial charge in [0.1, 0.15) is 0 Å². The number of aliphatic hydroxyl groups is 2. The third kappa shape index (κ3) is 4.35. The van der Waals surface area contributed by atoms with Crippen LogP contribution in [0.1, 0.15) is 6.92 Å². The van der Waals surface area contributed by atoms with E-state index in [4.69, 9.17) is 10.2 Å². The first-order chi connectivity index (χ1) is 4.83. The summed E-state index contributed by atoms with van der Waals surface area (Å²) < 4.78 is 0.762. The second-order valence-corrected chi connectivity index (χ2v) is 4.58. The molecule has 0 aromatic heterocycles. The van der Waals surface area contributed by atoms with Crippen molar-refractivity contribution < 1.29 is 14.7 Å². The third-order valence-electron chi connectivity index (χ3n) is 1.62. The lowest BCUT2D eigenvalue weighted by molar-refractivity contribution is -0.877. The van der Waals surface area contributed by atoms with Crippen LogP contribution in [0.4, 0.5) is 0 Å². The third-order valence-corrected chi connectivity index (χ3v) is 1.62. The molecule has 0 rings (SSSR count). The van der Waals surface area contributed by atoms with E-state index in [0.717, 1.165) is 11.0 Å². The van der Waals surface area contributed by atoms with E-state index in [0.29, 0.717) is 0 Å². The van der Waals surface area contributed by atoms with Crippen LogP contribution in [0.25, 0.3) is 0 Å². The summed E-state index contributed by atoms with van der Waals surface area (Å²) in [5, 5.41) is 18.0. The minimum absolute atomic E-state index is 0.0407. The molecule has 0 amide bonds. The molecule has 3 nitrogen and oxygen atoms in total. The number of hydrogen-bond donors (Lipinski definition) is 2. The van der Waals surface area contributed by atoms with E-state index in [9.17, 15) is 0 Å². The van der Waals surface area contributed by atoms with Crippen LogP contribution in [0, 0.1) is 5.41 Å². The Morgan fingerprint density at radius 2 is 1.45 bits per heavy atom. The molecule has 0 aliphatic carbocycles. The largest absolute Gasteiger partial charge is 0.395 e. The Labute approximate surface area is 68.9 Å². The van der Waals surface area contributed by atoms with Gasteiger partial charge in [0.2, 0.25) is 0 Å². The molecule has 0 radical (unpaired) electrons. The van der Waals surface area contributed by atoms with Crippen LogP contribution in [0.5, 0.6) is 0 Å². The van der Waals surface area contributed by atoms with E-state index >= 15 is 0 Å². The van der Waals surface area contributed by atoms with Crippen LogP contribution in [-0.2, 0) is 0 Å². The summed E-state index contributed by atoms with van der Waals surface area (Å²) in [5.74, 6) is 0. The molecule has 0 aliphatic heterocycles. The highest BCUT2D eigenvalue weighted by Gasteiger charge is 2.29. The number of aliphatic hydroxyl groups excluding tert-OH is 2. The van der Waals surface area contributed by atoms with Gasteiger partial charge in [-0.15, -0.1) is 0 Å². The SMILES string of the molecule is CC(CO)(CO)C[N+](C)(C)C. The molecule has 0 heterocycles. The highest BCUT2D eigenvalue weighted by Crippen LogP contribution is 2.17. The molecule has 0 fully saturated rings. The number of nitrogens with zero attached hydrogens (tertiary/aromatic N) is 1. The molecule has 0 aromatic rings. The van der Waals surface area contributed by atoms with Gasteiger partial charge in [0.15, 0.2) is 0 Å². The summed E-state index contributed by atoms with van der Waals surface area (Å²) in [6, 6.07) is 0. The quantitative estimate of drug-likeness (QED) is 0.556. The van der Waals surface area contributed by atoms with Crippen LogP contribution in [-0.4, -0.2) is 55.6 Å². The zero-order chi connectivity index (χ0) is 9.12. The predicted molar refractivity (Wildman–Crippen MR) is 45.2 cm³/mol. The fourth-order valence-electron chi connectivity index (χ4n) is 1.30. The van der Waals surface area contributed by atoms with Crippen LogP contribution < -0.4 is 0 Å². The second kappa shape index (κ2) is 3.52. The fraction of sp³-hybridized carbons (Fsp3) is 1.00. The monoisotopic (exact) mass is 162 g/mol. The van der Waals surface area contributed by atoms with E-state index in [1.165, 1.54) is 0 Å². The van der Waals surface area contributed by atoms with Gasteiger partial charge in [-0.05, 0) is 6.92 Å². The fourth-order valence-corrected chi connectivity index (χ4v) is 1.30. The standard InChI is InChI=1S/C8H20NO2/c1-8(6-10,7-11)5-9(2,3)4/h10-11H,5-7H2,1-4H3/q+1. The average Bonchev–Trinajstić information content (AvgIpc) is 1.84. The molecule has 0 spiro atoms. The molecule has 3 heteroatoms. The maximum absolute atomic E-state index is 8.98. The molecule has 0 saturated carbocycles. The van der Waals surface area contributed by atoms with Gasteiger partial charge in [0, 0.05) is 0 Å². The Balaban J connectivity index is 4.08. The zero-order valence-corrected chi connectivity index (χ0v) is 7.96. The number of quaternary nitrogens is 1. The van der Waals surface area contributed by atoms with E-state index in [1.54, 1.807) is 0 Å². The number of hydrogen-bond acceptors (Lipinski definition) is 2. The Bertz CT molecular complexity index is 114. The van der Waals surface area contributed by atoms with Gasteiger partial charge in [-0.25, -0.2) is 0 Å². The predicted octanol–water partition coefficient (Wildman–Crippen LogP) is -0.317. The van der Waals surface area contributed by atoms with E-state index in [1.807, 2.05) is 28.1 Å².